The molecule has 0 amide bonds. The maximum Gasteiger partial charge on any atom is 0.150 e. The van der Waals surface area contributed by atoms with Crippen molar-refractivity contribution in [2.75, 3.05) is 16.9 Å². The zero-order valence-corrected chi connectivity index (χ0v) is 27.1. The van der Waals surface area contributed by atoms with Gasteiger partial charge in [0.2, 0.25) is 0 Å². The summed E-state index contributed by atoms with van der Waals surface area (Å²) in [6, 6.07) is 50.9. The van der Waals surface area contributed by atoms with E-state index >= 15 is 0 Å². The normalized spacial score (nSPS) is 12.6. The van der Waals surface area contributed by atoms with Gasteiger partial charge in [0.05, 0.1) is 7.11 Å². The summed E-state index contributed by atoms with van der Waals surface area (Å²) in [5.74, 6) is 0.835. The molecule has 1 aliphatic carbocycles. The van der Waals surface area contributed by atoms with Crippen LogP contribution in [-0.4, -0.2) is 13.4 Å². The van der Waals surface area contributed by atoms with Gasteiger partial charge in [0.25, 0.3) is 0 Å². The fraction of sp³-hybridized carbons (Fsp3) is 0.140. The van der Waals surface area contributed by atoms with Crippen LogP contribution in [0, 0.1) is 0 Å². The number of benzene rings is 6. The summed E-state index contributed by atoms with van der Waals surface area (Å²) in [5.41, 5.74) is 12.3. The molecule has 0 spiro atoms. The smallest absolute Gasteiger partial charge is 0.150 e. The number of ether oxygens (including phenoxy) is 1. The van der Waals surface area contributed by atoms with Gasteiger partial charge in [-0.3, -0.25) is 4.79 Å². The second-order valence-corrected chi connectivity index (χ2v) is 12.0. The molecule has 1 aliphatic rings. The van der Waals surface area contributed by atoms with Crippen LogP contribution in [0.5, 0.6) is 5.75 Å². The Morgan fingerprint density at radius 2 is 0.936 bits per heavy atom. The van der Waals surface area contributed by atoms with E-state index in [1.165, 1.54) is 22.3 Å². The maximum atomic E-state index is 11.4. The van der Waals surface area contributed by atoms with Gasteiger partial charge < -0.3 is 14.5 Å². The minimum absolute atomic E-state index is 0.150. The minimum Gasteiger partial charge on any atom is -0.497 e. The molecule has 232 valence electrons. The lowest BCUT2D eigenvalue weighted by molar-refractivity contribution is 0.112. The molecule has 4 heteroatoms. The molecule has 0 aromatic heterocycles. The molecule has 4 nitrogen and oxygen atoms in total. The van der Waals surface area contributed by atoms with Crippen molar-refractivity contribution < 1.29 is 9.53 Å². The SMILES string of the molecule is CCC1(CC)c2cc(N(c3ccccc3)c3ccc(C=O)cc3)ccc2-c2ccc(N(c3ccccc3)c3ccc(OC)cc3)cc21. The van der Waals surface area contributed by atoms with Crippen LogP contribution in [0.2, 0.25) is 0 Å². The molecule has 0 bridgehead atoms. The number of nitrogens with zero attached hydrogens (tertiary/aromatic N) is 2. The van der Waals surface area contributed by atoms with Crippen LogP contribution in [0.3, 0.4) is 0 Å². The predicted octanol–water partition coefficient (Wildman–Crippen LogP) is 11.5. The standard InChI is InChI=1S/C43H38N2O2/c1-4-43(5-2)41-28-36(44(32-12-8-6-9-13-32)34-18-16-31(30-46)17-19-34)22-26-39(41)40-27-23-37(29-42(40)43)45(33-14-10-7-11-15-33)35-20-24-38(47-3)25-21-35/h6-30H,4-5H2,1-3H3. The van der Waals surface area contributed by atoms with Crippen molar-refractivity contribution >= 4 is 40.4 Å². The van der Waals surface area contributed by atoms with Crippen LogP contribution >= 0.6 is 0 Å². The molecule has 47 heavy (non-hydrogen) atoms. The highest BCUT2D eigenvalue weighted by molar-refractivity contribution is 5.89. The van der Waals surface area contributed by atoms with Crippen LogP contribution in [0.15, 0.2) is 146 Å². The first kappa shape index (κ1) is 30.1. The quantitative estimate of drug-likeness (QED) is 0.144. The van der Waals surface area contributed by atoms with E-state index in [4.69, 9.17) is 4.74 Å². The van der Waals surface area contributed by atoms with E-state index < -0.39 is 0 Å². The van der Waals surface area contributed by atoms with E-state index in [0.29, 0.717) is 5.56 Å². The average Bonchev–Trinajstić information content (AvgIpc) is 3.42. The van der Waals surface area contributed by atoms with Gasteiger partial charge in [0.1, 0.15) is 12.0 Å². The first-order valence-corrected chi connectivity index (χ1v) is 16.3. The Morgan fingerprint density at radius 3 is 1.34 bits per heavy atom. The Kier molecular flexibility index (Phi) is 8.09. The van der Waals surface area contributed by atoms with Crippen LogP contribution in [0.1, 0.15) is 48.2 Å². The zero-order chi connectivity index (χ0) is 32.4. The van der Waals surface area contributed by atoms with E-state index in [9.17, 15) is 4.79 Å². The number of rotatable bonds is 10. The number of hydrogen-bond donors (Lipinski definition) is 0. The van der Waals surface area contributed by atoms with Gasteiger partial charge in [0, 0.05) is 45.1 Å². The minimum atomic E-state index is -0.150. The van der Waals surface area contributed by atoms with Gasteiger partial charge in [-0.15, -0.1) is 0 Å². The summed E-state index contributed by atoms with van der Waals surface area (Å²) in [7, 11) is 1.70. The molecule has 0 heterocycles. The fourth-order valence-electron chi connectivity index (χ4n) is 7.24. The maximum absolute atomic E-state index is 11.4. The Morgan fingerprint density at radius 1 is 0.532 bits per heavy atom. The molecule has 6 aromatic rings. The van der Waals surface area contributed by atoms with Crippen LogP contribution in [-0.2, 0) is 5.41 Å². The lowest BCUT2D eigenvalue weighted by atomic mass is 9.73. The van der Waals surface area contributed by atoms with E-state index in [2.05, 4.69) is 127 Å². The highest BCUT2D eigenvalue weighted by atomic mass is 16.5. The first-order valence-electron chi connectivity index (χ1n) is 16.3. The summed E-state index contributed by atoms with van der Waals surface area (Å²) >= 11 is 0. The number of hydrogen-bond acceptors (Lipinski definition) is 4. The third-order valence-electron chi connectivity index (χ3n) is 9.70. The van der Waals surface area contributed by atoms with E-state index in [-0.39, 0.29) is 5.41 Å². The summed E-state index contributed by atoms with van der Waals surface area (Å²) in [6.07, 6.45) is 2.84. The molecular formula is C43H38N2O2. The lowest BCUT2D eigenvalue weighted by Crippen LogP contribution is -2.24. The van der Waals surface area contributed by atoms with Crippen molar-refractivity contribution in [2.45, 2.75) is 32.1 Å². The Labute approximate surface area is 277 Å². The highest BCUT2D eigenvalue weighted by Crippen LogP contribution is 2.55. The highest BCUT2D eigenvalue weighted by Gasteiger charge is 2.41. The number of anilines is 6. The summed E-state index contributed by atoms with van der Waals surface area (Å²) < 4.78 is 5.47. The predicted molar refractivity (Wildman–Crippen MR) is 195 cm³/mol. The fourth-order valence-corrected chi connectivity index (χ4v) is 7.24. The third kappa shape index (κ3) is 5.26. The van der Waals surface area contributed by atoms with E-state index in [0.717, 1.165) is 59.0 Å². The molecule has 6 aromatic carbocycles. The Hall–Kier alpha value is -5.61. The lowest BCUT2D eigenvalue weighted by Gasteiger charge is -2.33. The Bertz CT molecular complexity index is 2000. The molecule has 0 saturated carbocycles. The molecule has 0 saturated heterocycles. The number of carbonyl (C=O) groups is 1. The summed E-state index contributed by atoms with van der Waals surface area (Å²) in [6.45, 7) is 4.63. The van der Waals surface area contributed by atoms with E-state index in [1.807, 2.05) is 42.5 Å². The monoisotopic (exact) mass is 614 g/mol. The van der Waals surface area contributed by atoms with Crippen molar-refractivity contribution in [3.8, 4) is 16.9 Å². The zero-order valence-electron chi connectivity index (χ0n) is 27.1. The number of carbonyl (C=O) groups excluding carboxylic acids is 1. The van der Waals surface area contributed by atoms with Gasteiger partial charge in [0.15, 0.2) is 0 Å². The molecule has 0 unspecified atom stereocenters. The summed E-state index contributed by atoms with van der Waals surface area (Å²) in [5, 5.41) is 0. The molecule has 0 aliphatic heterocycles. The second kappa shape index (κ2) is 12.6. The van der Waals surface area contributed by atoms with Crippen LogP contribution in [0.4, 0.5) is 34.1 Å². The van der Waals surface area contributed by atoms with Crippen LogP contribution < -0.4 is 14.5 Å². The van der Waals surface area contributed by atoms with Gasteiger partial charge in [-0.25, -0.2) is 0 Å². The van der Waals surface area contributed by atoms with Crippen molar-refractivity contribution in [1.29, 1.82) is 0 Å². The summed E-state index contributed by atoms with van der Waals surface area (Å²) in [4.78, 5) is 16.0. The number of para-hydroxylation sites is 2. The van der Waals surface area contributed by atoms with Crippen molar-refractivity contribution in [3.63, 3.8) is 0 Å². The van der Waals surface area contributed by atoms with Gasteiger partial charge in [-0.1, -0.05) is 62.4 Å². The molecule has 0 fully saturated rings. The molecule has 0 N–H and O–H groups in total. The number of fused-ring (bicyclic) bond motifs is 3. The second-order valence-electron chi connectivity index (χ2n) is 12.0. The molecule has 0 radical (unpaired) electrons. The average molecular weight is 615 g/mol. The van der Waals surface area contributed by atoms with Gasteiger partial charge in [-0.2, -0.15) is 0 Å². The van der Waals surface area contributed by atoms with Gasteiger partial charge in [-0.05, 0) is 132 Å². The van der Waals surface area contributed by atoms with Crippen molar-refractivity contribution in [3.05, 3.63) is 162 Å². The van der Waals surface area contributed by atoms with E-state index in [1.54, 1.807) is 7.11 Å². The molecule has 7 rings (SSSR count). The molecular weight excluding hydrogens is 576 g/mol. The topological polar surface area (TPSA) is 32.8 Å². The van der Waals surface area contributed by atoms with Gasteiger partial charge >= 0.3 is 0 Å². The first-order chi connectivity index (χ1) is 23.1. The third-order valence-corrected chi connectivity index (χ3v) is 9.70. The largest absolute Gasteiger partial charge is 0.497 e. The Balaban J connectivity index is 1.37. The number of methoxy groups -OCH3 is 1. The van der Waals surface area contributed by atoms with Crippen molar-refractivity contribution in [2.24, 2.45) is 0 Å². The number of aldehydes is 1. The molecule has 0 atom stereocenters. The van der Waals surface area contributed by atoms with Crippen molar-refractivity contribution in [1.82, 2.24) is 0 Å². The van der Waals surface area contributed by atoms with Crippen LogP contribution in [0.25, 0.3) is 11.1 Å².